The molecule has 0 radical (unpaired) electrons. The molecule has 3 rings (SSSR count). The predicted octanol–water partition coefficient (Wildman–Crippen LogP) is 5.09. The fraction of sp³-hybridized carbons (Fsp3) is 0.167. The van der Waals surface area contributed by atoms with E-state index in [9.17, 15) is 9.59 Å². The van der Waals surface area contributed by atoms with Crippen molar-refractivity contribution in [2.24, 2.45) is 0 Å². The number of hydrogen-bond acceptors (Lipinski definition) is 2. The van der Waals surface area contributed by atoms with Crippen LogP contribution in [0.3, 0.4) is 0 Å². The summed E-state index contributed by atoms with van der Waals surface area (Å²) in [6.07, 6.45) is 0. The molecule has 0 aromatic heterocycles. The molecule has 0 aliphatic heterocycles. The lowest BCUT2D eigenvalue weighted by atomic mass is 10.0. The summed E-state index contributed by atoms with van der Waals surface area (Å²) in [5.74, 6) is -0.320. The zero-order valence-corrected chi connectivity index (χ0v) is 16.2. The number of nitrogens with one attached hydrogen (secondary N) is 1. The van der Waals surface area contributed by atoms with E-state index in [-0.39, 0.29) is 11.8 Å². The number of rotatable bonds is 6. The predicted molar refractivity (Wildman–Crippen MR) is 114 cm³/mol. The average Bonchev–Trinajstić information content (AvgIpc) is 2.75. The Morgan fingerprint density at radius 2 is 1.32 bits per heavy atom. The van der Waals surface area contributed by atoms with Crippen molar-refractivity contribution in [3.8, 4) is 11.1 Å². The minimum absolute atomic E-state index is 0.0830. The Hall–Kier alpha value is -3.40. The molecule has 142 valence electrons. The second-order valence-corrected chi connectivity index (χ2v) is 6.42. The Morgan fingerprint density at radius 3 is 1.96 bits per heavy atom. The third kappa shape index (κ3) is 4.29. The zero-order chi connectivity index (χ0) is 19.9. The fourth-order valence-corrected chi connectivity index (χ4v) is 3.10. The second-order valence-electron chi connectivity index (χ2n) is 6.42. The van der Waals surface area contributed by atoms with Crippen LogP contribution in [0.15, 0.2) is 78.9 Å². The fourth-order valence-electron chi connectivity index (χ4n) is 3.10. The molecule has 0 aliphatic carbocycles. The van der Waals surface area contributed by atoms with Crippen molar-refractivity contribution in [3.05, 3.63) is 90.0 Å². The van der Waals surface area contributed by atoms with Gasteiger partial charge in [-0.25, -0.2) is 0 Å². The van der Waals surface area contributed by atoms with Gasteiger partial charge in [0.1, 0.15) is 0 Å². The largest absolute Gasteiger partial charge is 0.339 e. The molecular formula is C24H24N2O2. The lowest BCUT2D eigenvalue weighted by Gasteiger charge is -2.20. The molecule has 0 spiro atoms. The maximum atomic E-state index is 12.7. The Morgan fingerprint density at radius 1 is 0.750 bits per heavy atom. The average molecular weight is 372 g/mol. The Bertz CT molecular complexity index is 946. The minimum atomic E-state index is -0.237. The van der Waals surface area contributed by atoms with Crippen LogP contribution in [0, 0.1) is 0 Å². The van der Waals surface area contributed by atoms with Gasteiger partial charge in [-0.2, -0.15) is 0 Å². The van der Waals surface area contributed by atoms with E-state index >= 15 is 0 Å². The lowest BCUT2D eigenvalue weighted by molar-refractivity contribution is 0.0774. The molecular weight excluding hydrogens is 348 g/mol. The molecule has 0 saturated carbocycles. The van der Waals surface area contributed by atoms with Crippen LogP contribution in [0.25, 0.3) is 11.1 Å². The van der Waals surface area contributed by atoms with Gasteiger partial charge in [0.25, 0.3) is 11.8 Å². The number of anilines is 1. The number of amides is 2. The van der Waals surface area contributed by atoms with Gasteiger partial charge < -0.3 is 10.2 Å². The van der Waals surface area contributed by atoms with E-state index in [1.54, 1.807) is 35.2 Å². The van der Waals surface area contributed by atoms with Crippen molar-refractivity contribution >= 4 is 17.5 Å². The van der Waals surface area contributed by atoms with Gasteiger partial charge >= 0.3 is 0 Å². The van der Waals surface area contributed by atoms with Crippen molar-refractivity contribution in [1.82, 2.24) is 4.90 Å². The van der Waals surface area contributed by atoms with Crippen LogP contribution in [0.4, 0.5) is 5.69 Å². The van der Waals surface area contributed by atoms with Crippen LogP contribution in [0.1, 0.15) is 34.6 Å². The van der Waals surface area contributed by atoms with Gasteiger partial charge in [-0.15, -0.1) is 0 Å². The summed E-state index contributed by atoms with van der Waals surface area (Å²) in [4.78, 5) is 27.2. The van der Waals surface area contributed by atoms with Crippen molar-refractivity contribution in [1.29, 1.82) is 0 Å². The molecule has 3 aromatic carbocycles. The lowest BCUT2D eigenvalue weighted by Crippen LogP contribution is -2.31. The quantitative estimate of drug-likeness (QED) is 0.655. The smallest absolute Gasteiger partial charge is 0.255 e. The third-order valence-corrected chi connectivity index (χ3v) is 4.71. The molecule has 4 heteroatoms. The molecule has 0 aliphatic rings. The number of benzene rings is 3. The molecule has 1 N–H and O–H groups in total. The Balaban J connectivity index is 1.79. The van der Waals surface area contributed by atoms with Crippen LogP contribution in [-0.2, 0) is 0 Å². The van der Waals surface area contributed by atoms with Gasteiger partial charge in [-0.1, -0.05) is 54.6 Å². The van der Waals surface area contributed by atoms with E-state index in [2.05, 4.69) is 5.32 Å². The van der Waals surface area contributed by atoms with E-state index in [0.29, 0.717) is 29.9 Å². The van der Waals surface area contributed by atoms with Crippen LogP contribution in [0.2, 0.25) is 0 Å². The molecule has 0 bridgehead atoms. The van der Waals surface area contributed by atoms with Gasteiger partial charge in [-0.3, -0.25) is 9.59 Å². The van der Waals surface area contributed by atoms with Gasteiger partial charge in [-0.05, 0) is 49.2 Å². The second kappa shape index (κ2) is 9.00. The third-order valence-electron chi connectivity index (χ3n) is 4.71. The highest BCUT2D eigenvalue weighted by molar-refractivity contribution is 6.09. The first-order valence-corrected chi connectivity index (χ1v) is 9.49. The van der Waals surface area contributed by atoms with Crippen molar-refractivity contribution in [2.45, 2.75) is 13.8 Å². The van der Waals surface area contributed by atoms with Crippen LogP contribution >= 0.6 is 0 Å². The standard InChI is InChI=1S/C24H24N2O2/c1-3-26(4-2)24(28)21-12-8-9-13-22(21)25-23(27)20-16-14-19(15-17-20)18-10-6-5-7-11-18/h5-17H,3-4H2,1-2H3,(H,25,27). The maximum absolute atomic E-state index is 12.7. The summed E-state index contributed by atoms with van der Waals surface area (Å²) in [7, 11) is 0. The Labute approximate surface area is 165 Å². The van der Waals surface area contributed by atoms with Crippen molar-refractivity contribution in [2.75, 3.05) is 18.4 Å². The highest BCUT2D eigenvalue weighted by atomic mass is 16.2. The van der Waals surface area contributed by atoms with E-state index in [0.717, 1.165) is 11.1 Å². The van der Waals surface area contributed by atoms with Crippen molar-refractivity contribution in [3.63, 3.8) is 0 Å². The zero-order valence-electron chi connectivity index (χ0n) is 16.2. The van der Waals surface area contributed by atoms with E-state index < -0.39 is 0 Å². The first kappa shape index (κ1) is 19.4. The SMILES string of the molecule is CCN(CC)C(=O)c1ccccc1NC(=O)c1ccc(-c2ccccc2)cc1. The number of para-hydroxylation sites is 1. The molecule has 0 atom stereocenters. The highest BCUT2D eigenvalue weighted by Gasteiger charge is 2.17. The molecule has 0 saturated heterocycles. The summed E-state index contributed by atoms with van der Waals surface area (Å²) in [6, 6.07) is 24.6. The monoisotopic (exact) mass is 372 g/mol. The topological polar surface area (TPSA) is 49.4 Å². The summed E-state index contributed by atoms with van der Waals surface area (Å²) < 4.78 is 0. The minimum Gasteiger partial charge on any atom is -0.339 e. The summed E-state index contributed by atoms with van der Waals surface area (Å²) in [5.41, 5.74) is 3.72. The molecule has 0 fully saturated rings. The molecule has 0 heterocycles. The van der Waals surface area contributed by atoms with Crippen LogP contribution in [0.5, 0.6) is 0 Å². The van der Waals surface area contributed by atoms with E-state index in [1.807, 2.05) is 62.4 Å². The van der Waals surface area contributed by atoms with Crippen molar-refractivity contribution < 1.29 is 9.59 Å². The molecule has 28 heavy (non-hydrogen) atoms. The summed E-state index contributed by atoms with van der Waals surface area (Å²) >= 11 is 0. The first-order valence-electron chi connectivity index (χ1n) is 9.49. The number of nitrogens with zero attached hydrogens (tertiary/aromatic N) is 1. The maximum Gasteiger partial charge on any atom is 0.255 e. The highest BCUT2D eigenvalue weighted by Crippen LogP contribution is 2.21. The van der Waals surface area contributed by atoms with Gasteiger partial charge in [0.15, 0.2) is 0 Å². The van der Waals surface area contributed by atoms with E-state index in [4.69, 9.17) is 0 Å². The Kier molecular flexibility index (Phi) is 6.22. The van der Waals surface area contributed by atoms with E-state index in [1.165, 1.54) is 0 Å². The first-order chi connectivity index (χ1) is 13.6. The number of carbonyl (C=O) groups is 2. The van der Waals surface area contributed by atoms with Crippen LogP contribution in [-0.4, -0.2) is 29.8 Å². The number of hydrogen-bond donors (Lipinski definition) is 1. The molecule has 0 unspecified atom stereocenters. The summed E-state index contributed by atoms with van der Waals surface area (Å²) in [5, 5.41) is 2.88. The van der Waals surface area contributed by atoms with Gasteiger partial charge in [0.2, 0.25) is 0 Å². The number of carbonyl (C=O) groups excluding carboxylic acids is 2. The molecule has 4 nitrogen and oxygen atoms in total. The molecule has 2 amide bonds. The normalized spacial score (nSPS) is 10.4. The van der Waals surface area contributed by atoms with Crippen LogP contribution < -0.4 is 5.32 Å². The van der Waals surface area contributed by atoms with Gasteiger partial charge in [0.05, 0.1) is 11.3 Å². The molecule has 3 aromatic rings. The summed E-state index contributed by atoms with van der Waals surface area (Å²) in [6.45, 7) is 5.13. The van der Waals surface area contributed by atoms with Gasteiger partial charge in [0, 0.05) is 18.7 Å².